The Morgan fingerprint density at radius 1 is 0.837 bits per heavy atom. The standard InChI is InChI=1S/C28H23ClF3N3O6S2/c1-41-26-15-10-20(29)17-25(26)35(43(39,40)24-8-3-2-4-9-24)18-27(36)33-21-11-13-23(14-12-21)42(37,38)34-22-7-5-6-19(16-22)28(30,31)32/h2-17,34H,18H2,1H3,(H,33,36). The average molecular weight is 654 g/mol. The highest BCUT2D eigenvalue weighted by atomic mass is 35.5. The van der Waals surface area contributed by atoms with E-state index in [1.165, 1.54) is 67.8 Å². The maximum absolute atomic E-state index is 13.6. The molecule has 0 aliphatic heterocycles. The summed E-state index contributed by atoms with van der Waals surface area (Å²) < 4.78 is 99.9. The summed E-state index contributed by atoms with van der Waals surface area (Å²) in [5.41, 5.74) is -1.18. The van der Waals surface area contributed by atoms with Crippen LogP contribution in [-0.2, 0) is 31.0 Å². The molecule has 9 nitrogen and oxygen atoms in total. The summed E-state index contributed by atoms with van der Waals surface area (Å²) >= 11 is 6.13. The Bertz CT molecular complexity index is 1840. The van der Waals surface area contributed by atoms with Crippen molar-refractivity contribution in [2.45, 2.75) is 16.0 Å². The van der Waals surface area contributed by atoms with Gasteiger partial charge in [0.15, 0.2) is 0 Å². The minimum absolute atomic E-state index is 0.0103. The maximum atomic E-state index is 13.6. The van der Waals surface area contributed by atoms with E-state index >= 15 is 0 Å². The number of alkyl halides is 3. The van der Waals surface area contributed by atoms with Gasteiger partial charge in [-0.15, -0.1) is 0 Å². The Kier molecular flexibility index (Phi) is 9.23. The van der Waals surface area contributed by atoms with Crippen LogP contribution in [0.15, 0.2) is 107 Å². The third-order valence-corrected chi connectivity index (χ3v) is 9.32. The molecule has 4 aromatic carbocycles. The molecule has 4 aromatic rings. The van der Waals surface area contributed by atoms with Crippen LogP contribution in [0.2, 0.25) is 5.02 Å². The van der Waals surface area contributed by atoms with E-state index in [4.69, 9.17) is 16.3 Å². The summed E-state index contributed by atoms with van der Waals surface area (Å²) in [6.07, 6.45) is -4.66. The lowest BCUT2D eigenvalue weighted by molar-refractivity contribution is -0.137. The normalized spacial score (nSPS) is 11.9. The molecule has 0 aliphatic rings. The highest BCUT2D eigenvalue weighted by molar-refractivity contribution is 7.93. The van der Waals surface area contributed by atoms with Crippen LogP contribution >= 0.6 is 11.6 Å². The van der Waals surface area contributed by atoms with Crippen molar-refractivity contribution in [3.05, 3.63) is 108 Å². The van der Waals surface area contributed by atoms with Crippen molar-refractivity contribution in [2.24, 2.45) is 0 Å². The molecule has 0 spiro atoms. The number of amides is 1. The minimum atomic E-state index is -4.66. The zero-order valence-electron chi connectivity index (χ0n) is 22.2. The van der Waals surface area contributed by atoms with E-state index in [2.05, 4.69) is 10.0 Å². The fourth-order valence-electron chi connectivity index (χ4n) is 3.90. The highest BCUT2D eigenvalue weighted by Gasteiger charge is 2.31. The summed E-state index contributed by atoms with van der Waals surface area (Å²) in [4.78, 5) is 12.7. The van der Waals surface area contributed by atoms with Crippen molar-refractivity contribution in [3.8, 4) is 5.75 Å². The van der Waals surface area contributed by atoms with Gasteiger partial charge in [-0.1, -0.05) is 35.9 Å². The van der Waals surface area contributed by atoms with Gasteiger partial charge in [-0.25, -0.2) is 16.8 Å². The Labute approximate surface area is 251 Å². The number of nitrogens with zero attached hydrogens (tertiary/aromatic N) is 1. The van der Waals surface area contributed by atoms with Crippen LogP contribution in [0.5, 0.6) is 5.75 Å². The Hall–Kier alpha value is -4.27. The van der Waals surface area contributed by atoms with Crippen LogP contribution in [0.3, 0.4) is 0 Å². The molecule has 0 aromatic heterocycles. The first-order valence-electron chi connectivity index (χ1n) is 12.2. The number of carbonyl (C=O) groups is 1. The molecule has 0 heterocycles. The fourth-order valence-corrected chi connectivity index (χ4v) is 6.56. The van der Waals surface area contributed by atoms with Gasteiger partial charge < -0.3 is 10.1 Å². The molecular weight excluding hydrogens is 631 g/mol. The predicted octanol–water partition coefficient (Wildman–Crippen LogP) is 6.00. The Morgan fingerprint density at radius 2 is 1.51 bits per heavy atom. The van der Waals surface area contributed by atoms with E-state index in [0.717, 1.165) is 28.6 Å². The van der Waals surface area contributed by atoms with E-state index in [1.807, 2.05) is 0 Å². The molecular formula is C28H23ClF3N3O6S2. The molecule has 0 unspecified atom stereocenters. The van der Waals surface area contributed by atoms with Crippen LogP contribution in [0.1, 0.15) is 5.56 Å². The van der Waals surface area contributed by atoms with Crippen LogP contribution < -0.4 is 19.1 Å². The van der Waals surface area contributed by atoms with Gasteiger partial charge in [0.25, 0.3) is 20.0 Å². The molecule has 0 bridgehead atoms. The van der Waals surface area contributed by atoms with Gasteiger partial charge in [0.2, 0.25) is 5.91 Å². The van der Waals surface area contributed by atoms with Gasteiger partial charge in [-0.05, 0) is 72.8 Å². The number of nitrogens with one attached hydrogen (secondary N) is 2. The lowest BCUT2D eigenvalue weighted by Gasteiger charge is -2.26. The second-order valence-electron chi connectivity index (χ2n) is 8.90. The van der Waals surface area contributed by atoms with Gasteiger partial charge in [-0.2, -0.15) is 13.2 Å². The first-order chi connectivity index (χ1) is 20.2. The van der Waals surface area contributed by atoms with E-state index < -0.39 is 44.2 Å². The molecule has 226 valence electrons. The van der Waals surface area contributed by atoms with E-state index in [9.17, 15) is 34.8 Å². The summed E-state index contributed by atoms with van der Waals surface area (Å²) in [5.74, 6) is -0.640. The van der Waals surface area contributed by atoms with Crippen LogP contribution in [0.25, 0.3) is 0 Å². The van der Waals surface area contributed by atoms with E-state index in [1.54, 1.807) is 6.07 Å². The Balaban J connectivity index is 1.55. The summed E-state index contributed by atoms with van der Waals surface area (Å²) in [7, 11) is -7.23. The van der Waals surface area contributed by atoms with Crippen molar-refractivity contribution >= 4 is 54.6 Å². The second kappa shape index (κ2) is 12.5. The molecule has 0 saturated carbocycles. The smallest absolute Gasteiger partial charge is 0.416 e. The van der Waals surface area contributed by atoms with Crippen molar-refractivity contribution in [3.63, 3.8) is 0 Å². The molecule has 4 rings (SSSR count). The monoisotopic (exact) mass is 653 g/mol. The zero-order chi connectivity index (χ0) is 31.4. The number of hydrogen-bond acceptors (Lipinski definition) is 6. The molecule has 0 saturated heterocycles. The lowest BCUT2D eigenvalue weighted by Crippen LogP contribution is -2.38. The Morgan fingerprint density at radius 3 is 2.14 bits per heavy atom. The molecule has 15 heteroatoms. The van der Waals surface area contributed by atoms with Crippen molar-refractivity contribution in [2.75, 3.05) is 28.0 Å². The van der Waals surface area contributed by atoms with Crippen LogP contribution in [0.4, 0.5) is 30.2 Å². The van der Waals surface area contributed by atoms with Crippen LogP contribution in [0, 0.1) is 0 Å². The minimum Gasteiger partial charge on any atom is -0.495 e. The third kappa shape index (κ3) is 7.58. The first kappa shape index (κ1) is 31.7. The van der Waals surface area contributed by atoms with Gasteiger partial charge in [0.1, 0.15) is 12.3 Å². The van der Waals surface area contributed by atoms with Crippen molar-refractivity contribution in [1.82, 2.24) is 0 Å². The molecule has 0 fully saturated rings. The zero-order valence-corrected chi connectivity index (χ0v) is 24.6. The SMILES string of the molecule is COc1ccc(Cl)cc1N(CC(=O)Nc1ccc(S(=O)(=O)Nc2cccc(C(F)(F)F)c2)cc1)S(=O)(=O)c1ccccc1. The highest BCUT2D eigenvalue weighted by Crippen LogP contribution is 2.35. The van der Waals surface area contributed by atoms with Gasteiger partial charge in [0.05, 0.1) is 28.2 Å². The van der Waals surface area contributed by atoms with Crippen molar-refractivity contribution < 1.29 is 39.5 Å². The van der Waals surface area contributed by atoms with E-state index in [-0.39, 0.29) is 37.6 Å². The average Bonchev–Trinajstić information content (AvgIpc) is 2.96. The topological polar surface area (TPSA) is 122 Å². The maximum Gasteiger partial charge on any atom is 0.416 e. The number of hydrogen-bond donors (Lipinski definition) is 2. The summed E-state index contributed by atoms with van der Waals surface area (Å²) in [5, 5.41) is 2.71. The molecule has 0 atom stereocenters. The lowest BCUT2D eigenvalue weighted by atomic mass is 10.2. The second-order valence-corrected chi connectivity index (χ2v) is 12.9. The number of rotatable bonds is 10. The molecule has 2 N–H and O–H groups in total. The number of anilines is 3. The molecule has 0 radical (unpaired) electrons. The number of halogens is 4. The molecule has 1 amide bonds. The predicted molar refractivity (Wildman–Crippen MR) is 156 cm³/mol. The summed E-state index contributed by atoms with van der Waals surface area (Å²) in [6.45, 7) is -0.703. The van der Waals surface area contributed by atoms with E-state index in [0.29, 0.717) is 6.07 Å². The quantitative estimate of drug-likeness (QED) is 0.217. The number of sulfonamides is 2. The fraction of sp³-hybridized carbons (Fsp3) is 0.107. The summed E-state index contributed by atoms with van der Waals surface area (Å²) in [6, 6.07) is 20.2. The molecule has 43 heavy (non-hydrogen) atoms. The number of benzene rings is 4. The largest absolute Gasteiger partial charge is 0.495 e. The number of methoxy groups -OCH3 is 1. The van der Waals surface area contributed by atoms with Gasteiger partial charge in [0, 0.05) is 16.4 Å². The number of ether oxygens (including phenoxy) is 1. The van der Waals surface area contributed by atoms with Gasteiger partial charge >= 0.3 is 6.18 Å². The van der Waals surface area contributed by atoms with Crippen molar-refractivity contribution in [1.29, 1.82) is 0 Å². The first-order valence-corrected chi connectivity index (χ1v) is 15.5. The van der Waals surface area contributed by atoms with Gasteiger partial charge in [-0.3, -0.25) is 13.8 Å². The molecule has 0 aliphatic carbocycles. The van der Waals surface area contributed by atoms with Crippen LogP contribution in [-0.4, -0.2) is 36.4 Å². The number of carbonyl (C=O) groups excluding carboxylic acids is 1. The third-order valence-electron chi connectivity index (χ3n) is 5.92.